The van der Waals surface area contributed by atoms with Gasteiger partial charge in [-0.25, -0.2) is 9.78 Å². The van der Waals surface area contributed by atoms with Gasteiger partial charge in [-0.2, -0.15) is 0 Å². The van der Waals surface area contributed by atoms with Crippen molar-refractivity contribution in [1.82, 2.24) is 4.98 Å². The number of rotatable bonds is 7. The number of benzene rings is 1. The van der Waals surface area contributed by atoms with Crippen LogP contribution in [0.3, 0.4) is 0 Å². The number of carbonyl (C=O) groups excluding carboxylic acids is 2. The number of nitrogens with one attached hydrogen (secondary N) is 1. The molecule has 1 aromatic heterocycles. The van der Waals surface area contributed by atoms with Gasteiger partial charge in [-0.15, -0.1) is 11.3 Å². The van der Waals surface area contributed by atoms with E-state index in [1.54, 1.807) is 42.6 Å². The Labute approximate surface area is 137 Å². The van der Waals surface area contributed by atoms with E-state index in [-0.39, 0.29) is 18.2 Å². The molecule has 0 bridgehead atoms. The maximum Gasteiger partial charge on any atom is 0.357 e. The van der Waals surface area contributed by atoms with E-state index in [0.29, 0.717) is 23.1 Å². The molecular formula is C16H16N2O4S. The molecule has 2 rings (SSSR count). The second-order valence-corrected chi connectivity index (χ2v) is 5.19. The second kappa shape index (κ2) is 8.09. The van der Waals surface area contributed by atoms with Crippen molar-refractivity contribution in [1.29, 1.82) is 0 Å². The van der Waals surface area contributed by atoms with Gasteiger partial charge in [0, 0.05) is 10.9 Å². The third-order valence-corrected chi connectivity index (χ3v) is 3.45. The molecule has 0 saturated heterocycles. The van der Waals surface area contributed by atoms with Crippen LogP contribution in [0, 0.1) is 0 Å². The Morgan fingerprint density at radius 3 is 2.74 bits per heavy atom. The molecule has 0 aliphatic heterocycles. The average Bonchev–Trinajstić information content (AvgIpc) is 3.02. The van der Waals surface area contributed by atoms with Crippen LogP contribution in [-0.4, -0.2) is 30.1 Å². The maximum absolute atomic E-state index is 12.1. The number of ether oxygens (including phenoxy) is 2. The highest BCUT2D eigenvalue weighted by atomic mass is 32.1. The summed E-state index contributed by atoms with van der Waals surface area (Å²) in [4.78, 5) is 27.7. The second-order valence-electron chi connectivity index (χ2n) is 4.34. The van der Waals surface area contributed by atoms with Gasteiger partial charge in [0.2, 0.25) is 0 Å². The quantitative estimate of drug-likeness (QED) is 0.622. The van der Waals surface area contributed by atoms with Crippen molar-refractivity contribution in [2.45, 2.75) is 6.92 Å². The molecule has 0 aliphatic carbocycles. The van der Waals surface area contributed by atoms with Crippen molar-refractivity contribution < 1.29 is 19.1 Å². The van der Waals surface area contributed by atoms with Crippen LogP contribution in [0.1, 0.15) is 27.8 Å². The lowest BCUT2D eigenvalue weighted by Crippen LogP contribution is -2.12. The molecule has 1 N–H and O–H groups in total. The van der Waals surface area contributed by atoms with Gasteiger partial charge >= 0.3 is 5.97 Å². The Balaban J connectivity index is 1.98. The highest BCUT2D eigenvalue weighted by Crippen LogP contribution is 2.18. The van der Waals surface area contributed by atoms with E-state index in [4.69, 9.17) is 9.47 Å². The fraction of sp³-hybridized carbons (Fsp3) is 0.188. The van der Waals surface area contributed by atoms with Gasteiger partial charge in [-0.05, 0) is 31.2 Å². The number of esters is 1. The van der Waals surface area contributed by atoms with E-state index in [0.717, 1.165) is 11.3 Å². The first kappa shape index (κ1) is 16.7. The first-order chi connectivity index (χ1) is 11.1. The van der Waals surface area contributed by atoms with E-state index < -0.39 is 5.97 Å². The molecule has 2 aromatic rings. The van der Waals surface area contributed by atoms with Gasteiger partial charge in [-0.3, -0.25) is 10.1 Å². The van der Waals surface area contributed by atoms with Crippen molar-refractivity contribution in [3.8, 4) is 5.75 Å². The number of aromatic nitrogens is 1. The van der Waals surface area contributed by atoms with Crippen LogP contribution in [0.2, 0.25) is 0 Å². The molecule has 7 heteroatoms. The third kappa shape index (κ3) is 4.65. The van der Waals surface area contributed by atoms with Crippen molar-refractivity contribution in [2.24, 2.45) is 0 Å². The summed E-state index contributed by atoms with van der Waals surface area (Å²) in [5.74, 6) is -0.168. The fourth-order valence-electron chi connectivity index (χ4n) is 1.66. The van der Waals surface area contributed by atoms with Crippen molar-refractivity contribution >= 4 is 28.3 Å². The number of hydrogen-bond donors (Lipinski definition) is 1. The Morgan fingerprint density at radius 1 is 1.35 bits per heavy atom. The van der Waals surface area contributed by atoms with Gasteiger partial charge < -0.3 is 9.47 Å². The van der Waals surface area contributed by atoms with Gasteiger partial charge in [-0.1, -0.05) is 12.7 Å². The molecule has 6 nitrogen and oxygen atoms in total. The Hall–Kier alpha value is -2.67. The minimum atomic E-state index is -0.507. The molecular weight excluding hydrogens is 316 g/mol. The van der Waals surface area contributed by atoms with Crippen LogP contribution < -0.4 is 10.1 Å². The highest BCUT2D eigenvalue weighted by Gasteiger charge is 2.14. The normalized spacial score (nSPS) is 9.96. The van der Waals surface area contributed by atoms with Crippen molar-refractivity contribution in [3.05, 3.63) is 53.6 Å². The first-order valence-electron chi connectivity index (χ1n) is 6.91. The molecule has 0 unspecified atom stereocenters. The predicted octanol–water partition coefficient (Wildman–Crippen LogP) is 3.14. The van der Waals surface area contributed by atoms with Crippen LogP contribution in [0.25, 0.3) is 0 Å². The zero-order valence-corrected chi connectivity index (χ0v) is 13.4. The molecule has 0 fully saturated rings. The number of hydrogen-bond acceptors (Lipinski definition) is 6. The molecule has 0 atom stereocenters. The van der Waals surface area contributed by atoms with Gasteiger partial charge in [0.1, 0.15) is 12.4 Å². The number of anilines is 1. The lowest BCUT2D eigenvalue weighted by molar-refractivity contribution is 0.0520. The lowest BCUT2D eigenvalue weighted by Gasteiger charge is -2.05. The van der Waals surface area contributed by atoms with E-state index in [1.165, 1.54) is 0 Å². The Bertz CT molecular complexity index is 694. The molecule has 1 amide bonds. The van der Waals surface area contributed by atoms with E-state index >= 15 is 0 Å². The molecule has 1 aromatic carbocycles. The first-order valence-corrected chi connectivity index (χ1v) is 7.79. The molecule has 1 heterocycles. The summed E-state index contributed by atoms with van der Waals surface area (Å²) in [5, 5.41) is 4.52. The molecule has 23 heavy (non-hydrogen) atoms. The summed E-state index contributed by atoms with van der Waals surface area (Å²) in [6.07, 6.45) is 1.64. The minimum Gasteiger partial charge on any atom is -0.490 e. The summed E-state index contributed by atoms with van der Waals surface area (Å²) >= 11 is 1.16. The molecule has 120 valence electrons. The van der Waals surface area contributed by atoms with E-state index in [1.807, 2.05) is 0 Å². The van der Waals surface area contributed by atoms with Crippen molar-refractivity contribution in [3.63, 3.8) is 0 Å². The highest BCUT2D eigenvalue weighted by molar-refractivity contribution is 7.14. The van der Waals surface area contributed by atoms with Crippen molar-refractivity contribution in [2.75, 3.05) is 18.5 Å². The van der Waals surface area contributed by atoms with E-state index in [2.05, 4.69) is 16.9 Å². The number of nitrogens with zero attached hydrogens (tertiary/aromatic N) is 1. The molecule has 0 radical (unpaired) electrons. The summed E-state index contributed by atoms with van der Waals surface area (Å²) in [7, 11) is 0. The van der Waals surface area contributed by atoms with E-state index in [9.17, 15) is 9.59 Å². The smallest absolute Gasteiger partial charge is 0.357 e. The summed E-state index contributed by atoms with van der Waals surface area (Å²) in [5.41, 5.74) is 0.643. The lowest BCUT2D eigenvalue weighted by atomic mass is 10.2. The number of carbonyl (C=O) groups is 2. The van der Waals surface area contributed by atoms with Gasteiger partial charge in [0.15, 0.2) is 10.8 Å². The van der Waals surface area contributed by atoms with Crippen LogP contribution >= 0.6 is 11.3 Å². The van der Waals surface area contributed by atoms with Crippen LogP contribution in [0.4, 0.5) is 5.13 Å². The third-order valence-electron chi connectivity index (χ3n) is 2.69. The maximum atomic E-state index is 12.1. The number of amides is 1. The summed E-state index contributed by atoms with van der Waals surface area (Å²) in [6, 6.07) is 6.69. The summed E-state index contributed by atoms with van der Waals surface area (Å²) < 4.78 is 10.2. The zero-order valence-electron chi connectivity index (χ0n) is 12.6. The topological polar surface area (TPSA) is 77.5 Å². The Morgan fingerprint density at radius 2 is 2.09 bits per heavy atom. The van der Waals surface area contributed by atoms with Gasteiger partial charge in [0.25, 0.3) is 5.91 Å². The van der Waals surface area contributed by atoms with Crippen LogP contribution in [-0.2, 0) is 4.74 Å². The minimum absolute atomic E-state index is 0.181. The molecule has 0 spiro atoms. The SMILES string of the molecule is C=CCOc1ccc(C(=O)Nc2nc(C(=O)OCC)cs2)cc1. The van der Waals surface area contributed by atoms with Crippen LogP contribution in [0.15, 0.2) is 42.3 Å². The number of thiazole rings is 1. The monoisotopic (exact) mass is 332 g/mol. The zero-order chi connectivity index (χ0) is 16.7. The largest absolute Gasteiger partial charge is 0.490 e. The average molecular weight is 332 g/mol. The van der Waals surface area contributed by atoms with Gasteiger partial charge in [0.05, 0.1) is 6.61 Å². The standard InChI is InChI=1S/C16H16N2O4S/c1-3-9-22-12-7-5-11(6-8-12)14(19)18-16-17-13(10-23-16)15(20)21-4-2/h3,5-8,10H,1,4,9H2,2H3,(H,17,18,19). The molecule has 0 aliphatic rings. The predicted molar refractivity (Wildman–Crippen MR) is 88.2 cm³/mol. The summed E-state index contributed by atoms with van der Waals surface area (Å²) in [6.45, 7) is 5.96. The Kier molecular flexibility index (Phi) is 5.87. The molecule has 0 saturated carbocycles. The fourth-order valence-corrected chi connectivity index (χ4v) is 2.33. The van der Waals surface area contributed by atoms with Crippen LogP contribution in [0.5, 0.6) is 5.75 Å².